The smallest absolute Gasteiger partial charge is 0.312 e. The van der Waals surface area contributed by atoms with Crippen LogP contribution in [-0.2, 0) is 27.3 Å². The van der Waals surface area contributed by atoms with Gasteiger partial charge in [-0.15, -0.1) is 0 Å². The summed E-state index contributed by atoms with van der Waals surface area (Å²) in [6.45, 7) is 0.433. The second-order valence-electron chi connectivity index (χ2n) is 5.61. The van der Waals surface area contributed by atoms with Gasteiger partial charge in [-0.05, 0) is 33.5 Å². The van der Waals surface area contributed by atoms with E-state index in [1.54, 1.807) is 4.57 Å². The summed E-state index contributed by atoms with van der Waals surface area (Å²) in [6.07, 6.45) is 0.532. The second-order valence-corrected chi connectivity index (χ2v) is 7.97. The topological polar surface area (TPSA) is 113 Å². The number of halogens is 2. The van der Waals surface area contributed by atoms with E-state index in [9.17, 15) is 12.8 Å². The third kappa shape index (κ3) is 4.34. The van der Waals surface area contributed by atoms with Crippen molar-refractivity contribution in [1.29, 1.82) is 0 Å². The van der Waals surface area contributed by atoms with E-state index in [-0.39, 0.29) is 18.1 Å². The SMILES string of the molecule is CS(=O)(=O)OCCc1cccc(Cn2c(Br)nc3c(N)nc(F)nc32)c1. The second kappa shape index (κ2) is 7.25. The lowest BCUT2D eigenvalue weighted by Gasteiger charge is -2.08. The molecule has 1 aromatic carbocycles. The molecule has 0 unspecified atom stereocenters. The van der Waals surface area contributed by atoms with Gasteiger partial charge in [-0.2, -0.15) is 22.8 Å². The molecule has 0 saturated heterocycles. The first-order valence-electron chi connectivity index (χ1n) is 7.50. The summed E-state index contributed by atoms with van der Waals surface area (Å²) in [5.41, 5.74) is 8.11. The van der Waals surface area contributed by atoms with Gasteiger partial charge in [0, 0.05) is 0 Å². The summed E-state index contributed by atoms with van der Waals surface area (Å²) < 4.78 is 42.4. The highest BCUT2D eigenvalue weighted by Crippen LogP contribution is 2.23. The molecule has 8 nitrogen and oxygen atoms in total. The maximum absolute atomic E-state index is 13.5. The van der Waals surface area contributed by atoms with Crippen molar-refractivity contribution >= 4 is 43.0 Å². The Labute approximate surface area is 157 Å². The number of nitrogen functional groups attached to an aromatic ring is 1. The van der Waals surface area contributed by atoms with E-state index in [1.807, 2.05) is 24.3 Å². The summed E-state index contributed by atoms with van der Waals surface area (Å²) in [4.78, 5) is 11.5. The van der Waals surface area contributed by atoms with Crippen molar-refractivity contribution in [2.75, 3.05) is 18.6 Å². The van der Waals surface area contributed by atoms with Crippen molar-refractivity contribution in [3.63, 3.8) is 0 Å². The quantitative estimate of drug-likeness (QED) is 0.351. The van der Waals surface area contributed by atoms with Gasteiger partial charge in [-0.3, -0.25) is 8.75 Å². The van der Waals surface area contributed by atoms with Crippen LogP contribution >= 0.6 is 15.9 Å². The van der Waals surface area contributed by atoms with Gasteiger partial charge in [-0.25, -0.2) is 4.98 Å². The maximum atomic E-state index is 13.5. The summed E-state index contributed by atoms with van der Waals surface area (Å²) in [5.74, 6) is -0.0291. The first-order chi connectivity index (χ1) is 12.2. The molecule has 0 spiro atoms. The number of nitrogens with zero attached hydrogens (tertiary/aromatic N) is 4. The molecule has 0 atom stereocenters. The zero-order valence-corrected chi connectivity index (χ0v) is 16.1. The summed E-state index contributed by atoms with van der Waals surface area (Å²) in [6, 6.07) is 7.52. The van der Waals surface area contributed by atoms with Gasteiger partial charge in [0.15, 0.2) is 21.7 Å². The molecular weight excluding hydrogens is 429 g/mol. The van der Waals surface area contributed by atoms with E-state index in [4.69, 9.17) is 9.92 Å². The standard InChI is InChI=1S/C15H15BrFN5O3S/c1-26(23,24)25-6-5-9-3-2-4-10(7-9)8-22-13-11(19-14(22)16)12(18)20-15(17)21-13/h2-4,7H,5-6,8H2,1H3,(H2,18,20,21). The Kier molecular flexibility index (Phi) is 5.21. The summed E-state index contributed by atoms with van der Waals surface area (Å²) in [7, 11) is -3.46. The van der Waals surface area contributed by atoms with Crippen molar-refractivity contribution in [1.82, 2.24) is 19.5 Å². The molecule has 26 heavy (non-hydrogen) atoms. The largest absolute Gasteiger partial charge is 0.382 e. The van der Waals surface area contributed by atoms with Crippen molar-refractivity contribution in [3.05, 3.63) is 46.2 Å². The fourth-order valence-corrected chi connectivity index (χ4v) is 3.34. The number of benzene rings is 1. The zero-order valence-electron chi connectivity index (χ0n) is 13.7. The van der Waals surface area contributed by atoms with Crippen molar-refractivity contribution < 1.29 is 17.0 Å². The van der Waals surface area contributed by atoms with Crippen LogP contribution < -0.4 is 5.73 Å². The molecule has 0 bridgehead atoms. The Bertz CT molecular complexity index is 1070. The monoisotopic (exact) mass is 443 g/mol. The predicted molar refractivity (Wildman–Crippen MR) is 97.4 cm³/mol. The molecule has 0 aliphatic carbocycles. The van der Waals surface area contributed by atoms with Crippen LogP contribution in [0.5, 0.6) is 0 Å². The van der Waals surface area contributed by atoms with Gasteiger partial charge in [0.25, 0.3) is 10.1 Å². The number of aromatic nitrogens is 4. The Morgan fingerprint density at radius 3 is 2.73 bits per heavy atom. The zero-order chi connectivity index (χ0) is 18.9. The highest BCUT2D eigenvalue weighted by molar-refractivity contribution is 9.10. The van der Waals surface area contributed by atoms with E-state index in [0.717, 1.165) is 17.4 Å². The van der Waals surface area contributed by atoms with E-state index in [0.29, 0.717) is 23.2 Å². The first kappa shape index (κ1) is 18.7. The van der Waals surface area contributed by atoms with Crippen LogP contribution in [0.15, 0.2) is 29.0 Å². The van der Waals surface area contributed by atoms with Gasteiger partial charge in [-0.1, -0.05) is 24.3 Å². The Morgan fingerprint density at radius 2 is 2.00 bits per heavy atom. The van der Waals surface area contributed by atoms with E-state index in [2.05, 4.69) is 30.9 Å². The highest BCUT2D eigenvalue weighted by Gasteiger charge is 2.15. The normalized spacial score (nSPS) is 12.0. The van der Waals surface area contributed by atoms with E-state index >= 15 is 0 Å². The molecule has 0 aliphatic rings. The van der Waals surface area contributed by atoms with Gasteiger partial charge in [0.05, 0.1) is 19.4 Å². The molecule has 0 fully saturated rings. The fourth-order valence-electron chi connectivity index (χ4n) is 2.48. The van der Waals surface area contributed by atoms with Crippen LogP contribution in [0.3, 0.4) is 0 Å². The molecule has 2 aromatic heterocycles. The van der Waals surface area contributed by atoms with Crippen LogP contribution in [0, 0.1) is 6.08 Å². The average Bonchev–Trinajstić information content (AvgIpc) is 2.83. The highest BCUT2D eigenvalue weighted by atomic mass is 79.9. The minimum atomic E-state index is -3.46. The Morgan fingerprint density at radius 1 is 1.27 bits per heavy atom. The maximum Gasteiger partial charge on any atom is 0.312 e. The number of hydrogen-bond acceptors (Lipinski definition) is 7. The first-order valence-corrected chi connectivity index (χ1v) is 10.1. The van der Waals surface area contributed by atoms with Crippen molar-refractivity contribution in [2.45, 2.75) is 13.0 Å². The number of imidazole rings is 1. The average molecular weight is 444 g/mol. The Hall–Kier alpha value is -2.11. The van der Waals surface area contributed by atoms with Crippen molar-refractivity contribution in [3.8, 4) is 0 Å². The number of anilines is 1. The van der Waals surface area contributed by atoms with Gasteiger partial charge >= 0.3 is 6.08 Å². The summed E-state index contributed by atoms with van der Waals surface area (Å²) in [5, 5.41) is 0. The molecule has 0 saturated carbocycles. The molecule has 0 radical (unpaired) electrons. The minimum Gasteiger partial charge on any atom is -0.382 e. The van der Waals surface area contributed by atoms with Crippen LogP contribution in [0.1, 0.15) is 11.1 Å². The lowest BCUT2D eigenvalue weighted by Crippen LogP contribution is -2.07. The number of fused-ring (bicyclic) bond motifs is 1. The molecule has 2 N–H and O–H groups in total. The third-order valence-corrected chi connectivity index (χ3v) is 4.77. The van der Waals surface area contributed by atoms with Gasteiger partial charge < -0.3 is 5.73 Å². The molecule has 3 aromatic rings. The molecule has 0 amide bonds. The summed E-state index contributed by atoms with van der Waals surface area (Å²) >= 11 is 3.33. The lowest BCUT2D eigenvalue weighted by atomic mass is 10.1. The van der Waals surface area contributed by atoms with Gasteiger partial charge in [0.2, 0.25) is 0 Å². The molecule has 0 aliphatic heterocycles. The Balaban J connectivity index is 1.84. The number of hydrogen-bond donors (Lipinski definition) is 1. The van der Waals surface area contributed by atoms with Gasteiger partial charge in [0.1, 0.15) is 0 Å². The molecular formula is C15H15BrFN5O3S. The van der Waals surface area contributed by atoms with Crippen molar-refractivity contribution in [2.24, 2.45) is 0 Å². The van der Waals surface area contributed by atoms with E-state index < -0.39 is 16.2 Å². The van der Waals surface area contributed by atoms with Crippen LogP contribution in [0.4, 0.5) is 10.2 Å². The molecule has 138 valence electrons. The predicted octanol–water partition coefficient (Wildman–Crippen LogP) is 1.88. The van der Waals surface area contributed by atoms with Crippen LogP contribution in [0.25, 0.3) is 11.2 Å². The molecule has 11 heteroatoms. The minimum absolute atomic E-state index is 0.0291. The van der Waals surface area contributed by atoms with Crippen LogP contribution in [-0.4, -0.2) is 40.8 Å². The third-order valence-electron chi connectivity index (χ3n) is 3.57. The van der Waals surface area contributed by atoms with Crippen LogP contribution in [0.2, 0.25) is 0 Å². The molecule has 3 rings (SSSR count). The molecule has 2 heterocycles. The number of nitrogens with two attached hydrogens (primary N) is 1. The fraction of sp³-hybridized carbons (Fsp3) is 0.267. The lowest BCUT2D eigenvalue weighted by molar-refractivity contribution is 0.326. The number of rotatable bonds is 6. The van der Waals surface area contributed by atoms with E-state index in [1.165, 1.54) is 0 Å².